The fraction of sp³-hybridized carbons (Fsp3) is 0.240. The van der Waals surface area contributed by atoms with Crippen LogP contribution in [0.1, 0.15) is 50.6 Å². The molecule has 1 aliphatic rings. The van der Waals surface area contributed by atoms with E-state index in [1.54, 1.807) is 43.4 Å². The Labute approximate surface area is 190 Å². The average Bonchev–Trinajstić information content (AvgIpc) is 3.19. The largest absolute Gasteiger partial charge is 0.465 e. The van der Waals surface area contributed by atoms with Crippen molar-refractivity contribution >= 4 is 29.0 Å². The number of nitrogens with one attached hydrogen (secondary N) is 1. The van der Waals surface area contributed by atoms with Gasteiger partial charge in [0, 0.05) is 24.6 Å². The van der Waals surface area contributed by atoms with E-state index in [1.807, 2.05) is 6.92 Å². The van der Waals surface area contributed by atoms with E-state index in [4.69, 9.17) is 9.15 Å². The number of hydrogen-bond donors (Lipinski definition) is 1. The lowest BCUT2D eigenvalue weighted by molar-refractivity contribution is 0.0601. The normalized spacial score (nSPS) is 14.0. The maximum atomic E-state index is 13.4. The Morgan fingerprint density at radius 1 is 1.12 bits per heavy atom. The summed E-state index contributed by atoms with van der Waals surface area (Å²) in [6.07, 6.45) is 2.25. The van der Waals surface area contributed by atoms with Gasteiger partial charge in [0.2, 0.25) is 0 Å². The number of rotatable bonds is 5. The molecule has 0 aliphatic heterocycles. The first kappa shape index (κ1) is 22.3. The molecule has 2 aromatic carbocycles. The number of para-hydroxylation sites is 1. The molecule has 0 fully saturated rings. The van der Waals surface area contributed by atoms with Crippen LogP contribution in [0.15, 0.2) is 58.0 Å². The molecule has 1 amide bonds. The number of aryl methyl sites for hydroxylation is 1. The van der Waals surface area contributed by atoms with Gasteiger partial charge in [-0.15, -0.1) is 0 Å². The summed E-state index contributed by atoms with van der Waals surface area (Å²) in [6.45, 7) is 1.83. The van der Waals surface area contributed by atoms with Gasteiger partial charge < -0.3 is 14.1 Å². The van der Waals surface area contributed by atoms with Crippen molar-refractivity contribution in [2.45, 2.75) is 26.2 Å². The van der Waals surface area contributed by atoms with Gasteiger partial charge in [-0.1, -0.05) is 12.1 Å². The van der Waals surface area contributed by atoms with Gasteiger partial charge in [0.05, 0.1) is 29.8 Å². The van der Waals surface area contributed by atoms with Crippen LogP contribution in [0.25, 0.3) is 0 Å². The number of carbonyl (C=O) groups excluding carboxylic acids is 2. The van der Waals surface area contributed by atoms with Crippen molar-refractivity contribution < 1.29 is 23.1 Å². The smallest absolute Gasteiger partial charge is 0.339 e. The molecule has 0 saturated heterocycles. The molecule has 0 saturated carbocycles. The first-order valence-corrected chi connectivity index (χ1v) is 10.6. The quantitative estimate of drug-likeness (QED) is 0.440. The first-order chi connectivity index (χ1) is 15.9. The molecule has 1 N–H and O–H groups in total. The third kappa shape index (κ3) is 4.37. The number of fused-ring (bicyclic) bond motifs is 1. The maximum Gasteiger partial charge on any atom is 0.339 e. The predicted octanol–water partition coefficient (Wildman–Crippen LogP) is 4.94. The highest BCUT2D eigenvalue weighted by atomic mass is 19.1. The highest BCUT2D eigenvalue weighted by molar-refractivity contribution is 6.11. The van der Waals surface area contributed by atoms with Crippen LogP contribution in [0.2, 0.25) is 0 Å². The van der Waals surface area contributed by atoms with Crippen LogP contribution in [0.3, 0.4) is 0 Å². The Kier molecular flexibility index (Phi) is 6.26. The van der Waals surface area contributed by atoms with Gasteiger partial charge in [-0.3, -0.25) is 10.2 Å². The van der Waals surface area contributed by atoms with Crippen molar-refractivity contribution in [3.05, 3.63) is 82.6 Å². The Bertz CT molecular complexity index is 1230. The summed E-state index contributed by atoms with van der Waals surface area (Å²) in [4.78, 5) is 26.9. The molecule has 3 aromatic rings. The van der Waals surface area contributed by atoms with Crippen molar-refractivity contribution in [3.8, 4) is 0 Å². The number of nitrogens with zero attached hydrogens (tertiary/aromatic N) is 2. The molecule has 1 aliphatic carbocycles. The average molecular weight is 449 g/mol. The summed E-state index contributed by atoms with van der Waals surface area (Å²) >= 11 is 0. The number of furan rings is 1. The Morgan fingerprint density at radius 3 is 2.58 bits per heavy atom. The van der Waals surface area contributed by atoms with Crippen molar-refractivity contribution in [1.29, 1.82) is 0 Å². The monoisotopic (exact) mass is 449 g/mol. The van der Waals surface area contributed by atoms with E-state index < -0.39 is 5.97 Å². The topological polar surface area (TPSA) is 84.1 Å². The van der Waals surface area contributed by atoms with Crippen molar-refractivity contribution in [2.24, 2.45) is 5.10 Å². The number of methoxy groups -OCH3 is 1. The number of hydrazone groups is 1. The number of hydrogen-bond acceptors (Lipinski definition) is 6. The van der Waals surface area contributed by atoms with Gasteiger partial charge in [0.15, 0.2) is 5.76 Å². The molecule has 0 unspecified atom stereocenters. The van der Waals surface area contributed by atoms with Crippen LogP contribution >= 0.6 is 0 Å². The van der Waals surface area contributed by atoms with E-state index in [1.165, 1.54) is 24.1 Å². The molecule has 33 heavy (non-hydrogen) atoms. The molecule has 0 atom stereocenters. The van der Waals surface area contributed by atoms with Gasteiger partial charge in [-0.05, 0) is 56.2 Å². The van der Waals surface area contributed by atoms with Gasteiger partial charge in [0.1, 0.15) is 11.6 Å². The molecule has 0 spiro atoms. The van der Waals surface area contributed by atoms with Gasteiger partial charge in [-0.25, -0.2) is 9.18 Å². The molecule has 8 heteroatoms. The highest BCUT2D eigenvalue weighted by Gasteiger charge is 2.30. The molecule has 170 valence electrons. The van der Waals surface area contributed by atoms with E-state index in [-0.39, 0.29) is 23.0 Å². The lowest BCUT2D eigenvalue weighted by atomic mass is 9.93. The number of carbonyl (C=O) groups is 2. The minimum atomic E-state index is -0.526. The highest BCUT2D eigenvalue weighted by Crippen LogP contribution is 2.32. The SMILES string of the molecule is COC(=O)c1ccccc1N(C)C(=O)c1oc2c(c1C)/C(=N/Nc1ccc(F)cc1)CCC2. The minimum absolute atomic E-state index is 0.207. The summed E-state index contributed by atoms with van der Waals surface area (Å²) in [6, 6.07) is 12.7. The number of benzene rings is 2. The second kappa shape index (κ2) is 9.28. The molecule has 0 bridgehead atoms. The second-order valence-corrected chi connectivity index (χ2v) is 7.76. The number of esters is 1. The van der Waals surface area contributed by atoms with Crippen molar-refractivity contribution in [1.82, 2.24) is 0 Å². The molecule has 1 aromatic heterocycles. The minimum Gasteiger partial charge on any atom is -0.465 e. The lowest BCUT2D eigenvalue weighted by Crippen LogP contribution is -2.28. The van der Waals surface area contributed by atoms with Crippen molar-refractivity contribution in [2.75, 3.05) is 24.5 Å². The van der Waals surface area contributed by atoms with Crippen LogP contribution in [0, 0.1) is 12.7 Å². The van der Waals surface area contributed by atoms with Crippen LogP contribution in [0.4, 0.5) is 15.8 Å². The fourth-order valence-electron chi connectivity index (χ4n) is 3.95. The van der Waals surface area contributed by atoms with E-state index in [2.05, 4.69) is 10.5 Å². The molecule has 7 nitrogen and oxygen atoms in total. The van der Waals surface area contributed by atoms with Gasteiger partial charge in [-0.2, -0.15) is 5.10 Å². The summed E-state index contributed by atoms with van der Waals surface area (Å²) in [7, 11) is 2.89. The van der Waals surface area contributed by atoms with E-state index >= 15 is 0 Å². The van der Waals surface area contributed by atoms with Crippen LogP contribution < -0.4 is 10.3 Å². The molecule has 4 rings (SSSR count). The number of ether oxygens (including phenoxy) is 1. The third-order valence-electron chi connectivity index (χ3n) is 5.66. The van der Waals surface area contributed by atoms with E-state index in [9.17, 15) is 14.0 Å². The standard InChI is InChI=1S/C25H24FN3O4/c1-15-22-19(28-27-17-13-11-16(26)12-14-17)8-6-10-21(22)33-23(15)24(30)29(2)20-9-5-4-7-18(20)25(31)32-3/h4-5,7,9,11-14,27H,6,8,10H2,1-3H3/b28-19+. The van der Waals surface area contributed by atoms with Gasteiger partial charge >= 0.3 is 5.97 Å². The third-order valence-corrected chi connectivity index (χ3v) is 5.66. The van der Waals surface area contributed by atoms with E-state index in [0.717, 1.165) is 24.1 Å². The molecule has 1 heterocycles. The summed E-state index contributed by atoms with van der Waals surface area (Å²) < 4.78 is 24.0. The van der Waals surface area contributed by atoms with E-state index in [0.29, 0.717) is 29.1 Å². The second-order valence-electron chi connectivity index (χ2n) is 7.76. The summed E-state index contributed by atoms with van der Waals surface area (Å²) in [5.41, 5.74) is 6.61. The molecular formula is C25H24FN3O4. The molecular weight excluding hydrogens is 425 g/mol. The molecule has 0 radical (unpaired) electrons. The number of amides is 1. The van der Waals surface area contributed by atoms with Gasteiger partial charge in [0.25, 0.3) is 5.91 Å². The zero-order chi connectivity index (χ0) is 23.5. The van der Waals surface area contributed by atoms with Crippen LogP contribution in [-0.2, 0) is 11.2 Å². The maximum absolute atomic E-state index is 13.4. The predicted molar refractivity (Wildman–Crippen MR) is 123 cm³/mol. The zero-order valence-electron chi connectivity index (χ0n) is 18.6. The Morgan fingerprint density at radius 2 is 1.85 bits per heavy atom. The Hall–Kier alpha value is -3.94. The Balaban J connectivity index is 1.65. The van der Waals surface area contributed by atoms with Crippen LogP contribution in [-0.4, -0.2) is 31.7 Å². The van der Waals surface area contributed by atoms with Crippen molar-refractivity contribution in [3.63, 3.8) is 0 Å². The fourth-order valence-corrected chi connectivity index (χ4v) is 3.95. The first-order valence-electron chi connectivity index (χ1n) is 10.6. The number of halogens is 1. The lowest BCUT2D eigenvalue weighted by Gasteiger charge is -2.19. The van der Waals surface area contributed by atoms with Crippen LogP contribution in [0.5, 0.6) is 0 Å². The summed E-state index contributed by atoms with van der Waals surface area (Å²) in [5.74, 6) is -0.305. The zero-order valence-corrected chi connectivity index (χ0v) is 18.6. The summed E-state index contributed by atoms with van der Waals surface area (Å²) in [5, 5.41) is 4.51. The number of anilines is 2.